The first-order valence-corrected chi connectivity index (χ1v) is 43.3. The van der Waals surface area contributed by atoms with Crippen LogP contribution in [-0.2, 0) is 24.0 Å². The number of allylic oxidation sites excluding steroid dienone is 1. The molecule has 0 spiro atoms. The van der Waals surface area contributed by atoms with Gasteiger partial charge in [0.05, 0.1) is 40.8 Å². The number of halogens is 6. The molecule has 0 radical (unpaired) electrons. The lowest BCUT2D eigenvalue weighted by Crippen LogP contribution is -3.35. The molecule has 12 rings (SSSR count). The standard InChI is InChI=1S/C30H39Cl2NO.2C29H37Cl2NO3.C6H12N2/c1-7-17-30(6)19-26(23-9-8-10-25(32)18-23)28(22-12-14-24(31)15-13-22)33(29(30)34)27(21(4)5)16-11-20(2)3;2*1-18(2)9-14-25(19(3)4)32-27(20-10-12-22(30)13-11-20)24(21-7-6-8-23(31)15-21)16-29(5,28(32)35)17-26(33)34;1-2-8-5-3-7(1)4-6-8/h7-10,12-15,18,20-21,26-28H,1,11,16-17,19H2,2-6H3;2*6-8,10-13,15,18-19,24-25,27H,9,14,16-17H2,1-5H3,(H,33,34);1-6H2/p+1/t26-,27-,28?,30+;2*24-,25-,27?,29-;/m111./s1. The Kier molecular flexibility index (Phi) is 33.7. The van der Waals surface area contributed by atoms with Gasteiger partial charge in [0.25, 0.3) is 0 Å². The molecule has 6 aliphatic rings. The molecule has 0 saturated carbocycles. The lowest BCUT2D eigenvalue weighted by molar-refractivity contribution is -1.06. The van der Waals surface area contributed by atoms with Crippen LogP contribution in [-0.4, -0.2) is 107 Å². The summed E-state index contributed by atoms with van der Waals surface area (Å²) >= 11 is 38.0. The highest BCUT2D eigenvalue weighted by atomic mass is 35.5. The smallest absolute Gasteiger partial charge is 0.304 e. The SMILES string of the molecule is C1C[NH+]2CC[NH+]1CC2.C=CC[C@@]1(C)C[C@H](c2cccc(Cl)c2)C(c2ccc(Cl)cc2)N([C@H](CCC(C)C)C(C)C)C1=O.CC(C)CC[C@H](C(C)C)N1C(=O)[C@@](C)(CC(=O)O)C[C@H](c2cccc(Cl)c2)C1c1ccc(Cl)cc1.CC(C)CC[C@H](C(C)C)N1C(=O)[C@@](C)(CC(=O)[O-])C[C@H](c2cccc(Cl)c2)C1c1ccc(Cl)cc1. The largest absolute Gasteiger partial charge is 0.550 e. The fraction of sp³-hybridized carbons (Fsp3) is 0.543. The molecular weight excluding hydrogens is 1520 g/mol. The first kappa shape index (κ1) is 91.6. The maximum Gasteiger partial charge on any atom is 0.304 e. The molecule has 0 aromatic heterocycles. The molecule has 3 amide bonds. The van der Waals surface area contributed by atoms with E-state index in [1.807, 2.05) is 154 Å². The monoisotopic (exact) mass is 1650 g/mol. The van der Waals surface area contributed by atoms with E-state index in [2.05, 4.69) is 126 Å². The van der Waals surface area contributed by atoms with E-state index >= 15 is 0 Å². The average Bonchev–Trinajstić information content (AvgIpc) is 0.751. The van der Waals surface area contributed by atoms with Crippen LogP contribution in [0.2, 0.25) is 30.1 Å². The summed E-state index contributed by atoms with van der Waals surface area (Å²) in [5, 5.41) is 25.5. The highest BCUT2D eigenvalue weighted by Crippen LogP contribution is 2.57. The molecule has 6 aromatic carbocycles. The molecule has 3 N–H and O–H groups in total. The van der Waals surface area contributed by atoms with Crippen molar-refractivity contribution in [1.82, 2.24) is 14.7 Å². The van der Waals surface area contributed by atoms with Crippen LogP contribution in [0.15, 0.2) is 158 Å². The number of carboxylic acids is 2. The predicted molar refractivity (Wildman–Crippen MR) is 460 cm³/mol. The van der Waals surface area contributed by atoms with Crippen LogP contribution in [0.4, 0.5) is 0 Å². The van der Waals surface area contributed by atoms with Crippen LogP contribution >= 0.6 is 69.6 Å². The zero-order valence-corrected chi connectivity index (χ0v) is 73.6. The molecule has 6 fully saturated rings. The number of hydrogen-bond donors (Lipinski definition) is 3. The van der Waals surface area contributed by atoms with Gasteiger partial charge in [-0.3, -0.25) is 19.2 Å². The molecule has 12 nitrogen and oxygen atoms in total. The van der Waals surface area contributed by atoms with Gasteiger partial charge in [-0.2, -0.15) is 0 Å². The van der Waals surface area contributed by atoms with Gasteiger partial charge in [0, 0.05) is 78.4 Å². The van der Waals surface area contributed by atoms with Gasteiger partial charge in [-0.25, -0.2) is 0 Å². The molecule has 6 aliphatic heterocycles. The number of piperazine rings is 3. The predicted octanol–water partition coefficient (Wildman–Crippen LogP) is 20.5. The number of nitrogens with zero attached hydrogens (tertiary/aromatic N) is 3. The van der Waals surface area contributed by atoms with E-state index in [-0.39, 0.29) is 96.4 Å². The second kappa shape index (κ2) is 41.3. The third kappa shape index (κ3) is 23.9. The first-order valence-electron chi connectivity index (χ1n) is 41.1. The van der Waals surface area contributed by atoms with Crippen molar-refractivity contribution < 1.29 is 44.0 Å². The van der Waals surface area contributed by atoms with Gasteiger partial charge < -0.3 is 39.5 Å². The van der Waals surface area contributed by atoms with E-state index in [1.54, 1.807) is 6.92 Å². The second-order valence-electron chi connectivity index (χ2n) is 35.9. The minimum atomic E-state index is -1.21. The molecule has 0 aliphatic carbocycles. The Bertz CT molecular complexity index is 3880. The molecule has 6 aromatic rings. The lowest BCUT2D eigenvalue weighted by Gasteiger charge is -2.53. The third-order valence-corrected chi connectivity index (χ3v) is 25.9. The van der Waals surface area contributed by atoms with Crippen LogP contribution in [0, 0.1) is 51.8 Å². The number of benzene rings is 6. The Morgan fingerprint density at radius 2 is 0.688 bits per heavy atom. The van der Waals surface area contributed by atoms with E-state index in [0.717, 1.165) is 77.8 Å². The quantitative estimate of drug-likeness (QED) is 0.0435. The molecule has 2 bridgehead atoms. The van der Waals surface area contributed by atoms with Crippen LogP contribution in [0.3, 0.4) is 0 Å². The van der Waals surface area contributed by atoms with Crippen LogP contribution in [0.25, 0.3) is 0 Å². The number of carboxylic acid groups (broad SMARTS) is 2. The summed E-state index contributed by atoms with van der Waals surface area (Å²) in [6.45, 7) is 44.6. The summed E-state index contributed by atoms with van der Waals surface area (Å²) in [6.07, 6.45) is 9.31. The molecule has 12 atom stereocenters. The topological polar surface area (TPSA) is 147 Å². The van der Waals surface area contributed by atoms with Gasteiger partial charge in [0.15, 0.2) is 0 Å². The normalized spacial score (nSPS) is 25.3. The molecule has 3 unspecified atom stereocenters. The van der Waals surface area contributed by atoms with E-state index in [1.165, 1.54) is 44.8 Å². The van der Waals surface area contributed by atoms with Crippen LogP contribution < -0.4 is 14.9 Å². The van der Waals surface area contributed by atoms with Crippen molar-refractivity contribution in [3.63, 3.8) is 0 Å². The number of amides is 3. The van der Waals surface area contributed by atoms with Crippen molar-refractivity contribution in [2.75, 3.05) is 39.3 Å². The number of piperidine rings is 3. The summed E-state index contributed by atoms with van der Waals surface area (Å²) in [5.41, 5.74) is 3.67. The Balaban J connectivity index is 0.000000200. The van der Waals surface area contributed by atoms with Crippen molar-refractivity contribution in [2.24, 2.45) is 51.8 Å². The van der Waals surface area contributed by atoms with Gasteiger partial charge in [-0.1, -0.05) is 252 Å². The highest BCUT2D eigenvalue weighted by molar-refractivity contribution is 6.32. The molecule has 18 heteroatoms. The van der Waals surface area contributed by atoms with Crippen molar-refractivity contribution >= 4 is 99.3 Å². The van der Waals surface area contributed by atoms with Crippen molar-refractivity contribution in [1.29, 1.82) is 0 Å². The maximum atomic E-state index is 14.3. The molecule has 610 valence electrons. The lowest BCUT2D eigenvalue weighted by atomic mass is 9.66. The molecular formula is C94H126Cl6N5O7+. The van der Waals surface area contributed by atoms with Gasteiger partial charge in [-0.05, 0) is 206 Å². The van der Waals surface area contributed by atoms with Crippen molar-refractivity contribution in [3.8, 4) is 0 Å². The zero-order valence-electron chi connectivity index (χ0n) is 69.0. The van der Waals surface area contributed by atoms with Gasteiger partial charge >= 0.3 is 5.97 Å². The van der Waals surface area contributed by atoms with Crippen LogP contribution in [0.1, 0.15) is 250 Å². The summed E-state index contributed by atoms with van der Waals surface area (Å²) in [6, 6.07) is 46.4. The molecule has 112 heavy (non-hydrogen) atoms. The van der Waals surface area contributed by atoms with Crippen molar-refractivity contribution in [2.45, 2.75) is 235 Å². The summed E-state index contributed by atoms with van der Waals surface area (Å²) in [5.74, 6) is 0.0216. The number of hydrogen-bond acceptors (Lipinski definition) is 6. The Morgan fingerprint density at radius 1 is 0.420 bits per heavy atom. The highest BCUT2D eigenvalue weighted by Gasteiger charge is 2.56. The Morgan fingerprint density at radius 3 is 0.920 bits per heavy atom. The van der Waals surface area contributed by atoms with Gasteiger partial charge in [0.2, 0.25) is 17.7 Å². The molecule has 6 saturated heterocycles. The van der Waals surface area contributed by atoms with Gasteiger partial charge in [-0.15, -0.1) is 6.58 Å². The number of nitrogens with one attached hydrogen (secondary N) is 2. The number of carbonyl (C=O) groups is 5. The number of rotatable bonds is 27. The maximum absolute atomic E-state index is 14.3. The number of quaternary nitrogens is 2. The number of carbonyl (C=O) groups excluding carboxylic acids is 4. The van der Waals surface area contributed by atoms with E-state index < -0.39 is 28.2 Å². The fourth-order valence-electron chi connectivity index (χ4n) is 18.4. The van der Waals surface area contributed by atoms with Gasteiger partial charge in [0.1, 0.15) is 39.3 Å². The third-order valence-electron chi connectivity index (χ3n) is 24.4. The first-order chi connectivity index (χ1) is 52.9. The average molecular weight is 1650 g/mol. The minimum absolute atomic E-state index is 0.0271. The Labute approximate surface area is 700 Å². The van der Waals surface area contributed by atoms with E-state index in [0.29, 0.717) is 68.0 Å². The number of fused-ring (bicyclic) bond motifs is 3. The summed E-state index contributed by atoms with van der Waals surface area (Å²) in [4.78, 5) is 76.6. The van der Waals surface area contributed by atoms with Crippen LogP contribution in [0.5, 0.6) is 0 Å². The second-order valence-corrected chi connectivity index (χ2v) is 38.5. The van der Waals surface area contributed by atoms with E-state index in [9.17, 15) is 34.2 Å². The number of likely N-dealkylation sites (tertiary alicyclic amines) is 3. The molecule has 6 heterocycles. The fourth-order valence-corrected chi connectivity index (χ4v) is 19.4. The van der Waals surface area contributed by atoms with Crippen molar-refractivity contribution in [3.05, 3.63) is 222 Å². The summed E-state index contributed by atoms with van der Waals surface area (Å²) < 4.78 is 0. The minimum Gasteiger partial charge on any atom is -0.550 e. The van der Waals surface area contributed by atoms with E-state index in [4.69, 9.17) is 69.6 Å². The summed E-state index contributed by atoms with van der Waals surface area (Å²) in [7, 11) is 0. The Hall–Kier alpha value is -5.93. The zero-order chi connectivity index (χ0) is 82.3. The number of aliphatic carboxylic acids is 2.